The number of fused-ring (bicyclic) bond motifs is 5. The molecule has 2 aliphatic rings. The van der Waals surface area contributed by atoms with E-state index in [-0.39, 0.29) is 0 Å². The summed E-state index contributed by atoms with van der Waals surface area (Å²) in [5.41, 5.74) is 6.34. The average molecular weight is 245 g/mol. The van der Waals surface area contributed by atoms with Crippen LogP contribution in [0.15, 0.2) is 65.7 Å². The van der Waals surface area contributed by atoms with Crippen LogP contribution in [0.2, 0.25) is 0 Å². The van der Waals surface area contributed by atoms with Crippen molar-refractivity contribution in [3.63, 3.8) is 0 Å². The van der Waals surface area contributed by atoms with Crippen LogP contribution in [0.5, 0.6) is 0 Å². The molecule has 1 aliphatic carbocycles. The summed E-state index contributed by atoms with van der Waals surface area (Å²) < 4.78 is 0. The van der Waals surface area contributed by atoms with Gasteiger partial charge >= 0.3 is 0 Å². The minimum Gasteiger partial charge on any atom is -0.252 e. The van der Waals surface area contributed by atoms with E-state index in [2.05, 4.69) is 60.7 Å². The fourth-order valence-electron chi connectivity index (χ4n) is 3.15. The molecule has 2 aromatic carbocycles. The summed E-state index contributed by atoms with van der Waals surface area (Å²) in [6, 6.07) is 17.2. The number of para-hydroxylation sites is 1. The van der Waals surface area contributed by atoms with E-state index in [9.17, 15) is 0 Å². The molecule has 0 saturated heterocycles. The van der Waals surface area contributed by atoms with Crippen LogP contribution in [0.3, 0.4) is 0 Å². The summed E-state index contributed by atoms with van der Waals surface area (Å²) in [4.78, 5) is 4.91. The van der Waals surface area contributed by atoms with Crippen LogP contribution < -0.4 is 0 Å². The number of nitrogens with zero attached hydrogens (tertiary/aromatic N) is 1. The van der Waals surface area contributed by atoms with E-state index in [0.717, 1.165) is 12.1 Å². The van der Waals surface area contributed by atoms with Gasteiger partial charge in [-0.05, 0) is 36.1 Å². The normalized spacial score (nSPS) is 19.8. The molecule has 0 aromatic heterocycles. The second-order valence-electron chi connectivity index (χ2n) is 5.17. The Labute approximate surface area is 113 Å². The molecule has 1 heterocycles. The van der Waals surface area contributed by atoms with Crippen molar-refractivity contribution in [3.05, 3.63) is 66.2 Å². The average Bonchev–Trinajstić information content (AvgIpc) is 2.62. The lowest BCUT2D eigenvalue weighted by Gasteiger charge is -2.20. The van der Waals surface area contributed by atoms with Gasteiger partial charge in [-0.25, -0.2) is 0 Å². The molecule has 1 heteroatoms. The van der Waals surface area contributed by atoms with E-state index < -0.39 is 0 Å². The van der Waals surface area contributed by atoms with E-state index in [1.54, 1.807) is 0 Å². The standard InChI is InChI=1S/C18H15N/c1-2-8-14-13(7-1)15-9-3-5-11-17(15)19-18-12-6-4-10-16(14)18/h1-3,5-9,11-12,16H,4,10H2. The Morgan fingerprint density at radius 3 is 2.63 bits per heavy atom. The van der Waals surface area contributed by atoms with E-state index in [0.29, 0.717) is 5.92 Å². The number of hydrogen-bond acceptors (Lipinski definition) is 1. The van der Waals surface area contributed by atoms with Crippen LogP contribution in [-0.2, 0) is 0 Å². The zero-order valence-corrected chi connectivity index (χ0v) is 10.7. The quantitative estimate of drug-likeness (QED) is 0.627. The van der Waals surface area contributed by atoms with Gasteiger partial charge in [0.25, 0.3) is 0 Å². The molecule has 0 spiro atoms. The molecule has 0 amide bonds. The molecule has 0 bridgehead atoms. The summed E-state index contributed by atoms with van der Waals surface area (Å²) in [5.74, 6) is 0.452. The minimum absolute atomic E-state index is 0.452. The molecule has 1 unspecified atom stereocenters. The smallest absolute Gasteiger partial charge is 0.0711 e. The Kier molecular flexibility index (Phi) is 2.37. The zero-order valence-electron chi connectivity index (χ0n) is 10.7. The molecule has 0 fully saturated rings. The van der Waals surface area contributed by atoms with Crippen LogP contribution in [0.4, 0.5) is 5.69 Å². The second kappa shape index (κ2) is 4.20. The third kappa shape index (κ3) is 1.66. The number of hydrogen-bond donors (Lipinski definition) is 0. The van der Waals surface area contributed by atoms with Gasteiger partial charge in [0.15, 0.2) is 0 Å². The Morgan fingerprint density at radius 1 is 0.895 bits per heavy atom. The lowest BCUT2D eigenvalue weighted by atomic mass is 9.83. The Morgan fingerprint density at radius 2 is 1.68 bits per heavy atom. The number of allylic oxidation sites excluding steroid dienone is 2. The van der Waals surface area contributed by atoms with Gasteiger partial charge in [-0.3, -0.25) is 4.99 Å². The van der Waals surface area contributed by atoms with Crippen molar-refractivity contribution in [1.29, 1.82) is 0 Å². The van der Waals surface area contributed by atoms with Crippen molar-refractivity contribution in [1.82, 2.24) is 0 Å². The maximum absolute atomic E-state index is 4.91. The maximum Gasteiger partial charge on any atom is 0.0711 e. The van der Waals surface area contributed by atoms with Crippen molar-refractivity contribution in [2.24, 2.45) is 4.99 Å². The van der Waals surface area contributed by atoms with E-state index in [1.807, 2.05) is 0 Å². The second-order valence-corrected chi connectivity index (χ2v) is 5.17. The van der Waals surface area contributed by atoms with Gasteiger partial charge in [0.05, 0.1) is 5.69 Å². The predicted octanol–water partition coefficient (Wildman–Crippen LogP) is 4.87. The first-order valence-corrected chi connectivity index (χ1v) is 6.87. The lowest BCUT2D eigenvalue weighted by molar-refractivity contribution is 0.774. The van der Waals surface area contributed by atoms with Crippen molar-refractivity contribution in [2.45, 2.75) is 18.8 Å². The van der Waals surface area contributed by atoms with Crippen molar-refractivity contribution >= 4 is 11.4 Å². The van der Waals surface area contributed by atoms with Crippen molar-refractivity contribution in [2.75, 3.05) is 0 Å². The van der Waals surface area contributed by atoms with Gasteiger partial charge < -0.3 is 0 Å². The van der Waals surface area contributed by atoms with Gasteiger partial charge in [0, 0.05) is 17.2 Å². The highest BCUT2D eigenvalue weighted by molar-refractivity contribution is 6.06. The summed E-state index contributed by atoms with van der Waals surface area (Å²) in [5, 5.41) is 0. The van der Waals surface area contributed by atoms with Crippen molar-refractivity contribution < 1.29 is 0 Å². The number of rotatable bonds is 0. The van der Waals surface area contributed by atoms with Crippen LogP contribution in [0.25, 0.3) is 11.1 Å². The van der Waals surface area contributed by atoms with Crippen LogP contribution in [0.1, 0.15) is 24.3 Å². The first-order valence-electron chi connectivity index (χ1n) is 6.87. The summed E-state index contributed by atoms with van der Waals surface area (Å²) in [6.45, 7) is 0. The maximum atomic E-state index is 4.91. The molecule has 92 valence electrons. The van der Waals surface area contributed by atoms with Gasteiger partial charge in [0.2, 0.25) is 0 Å². The molecule has 1 aliphatic heterocycles. The first kappa shape index (κ1) is 10.7. The highest BCUT2D eigenvalue weighted by atomic mass is 14.8. The van der Waals surface area contributed by atoms with Gasteiger partial charge in [-0.15, -0.1) is 0 Å². The first-order chi connectivity index (χ1) is 9.43. The lowest BCUT2D eigenvalue weighted by Crippen LogP contribution is -2.13. The molecule has 0 radical (unpaired) electrons. The number of aliphatic imine (C=N–C) groups is 1. The fraction of sp³-hybridized carbons (Fsp3) is 0.167. The van der Waals surface area contributed by atoms with Crippen LogP contribution >= 0.6 is 0 Å². The Balaban J connectivity index is 2.06. The highest BCUT2D eigenvalue weighted by Crippen LogP contribution is 2.42. The topological polar surface area (TPSA) is 12.4 Å². The molecule has 0 saturated carbocycles. The minimum atomic E-state index is 0.452. The SMILES string of the molecule is C1=CC2=Nc3ccccc3-c3ccccc3C2CC1. The molecule has 1 nitrogen and oxygen atoms in total. The molecule has 0 N–H and O–H groups in total. The monoisotopic (exact) mass is 245 g/mol. The van der Waals surface area contributed by atoms with E-state index in [4.69, 9.17) is 4.99 Å². The predicted molar refractivity (Wildman–Crippen MR) is 80.1 cm³/mol. The highest BCUT2D eigenvalue weighted by Gasteiger charge is 2.25. The summed E-state index contributed by atoms with van der Waals surface area (Å²) in [7, 11) is 0. The third-order valence-electron chi connectivity index (χ3n) is 4.05. The van der Waals surface area contributed by atoms with Crippen LogP contribution in [0, 0.1) is 0 Å². The van der Waals surface area contributed by atoms with Crippen LogP contribution in [-0.4, -0.2) is 5.71 Å². The summed E-state index contributed by atoms with van der Waals surface area (Å²) in [6.07, 6.45) is 6.76. The Bertz CT molecular complexity index is 694. The third-order valence-corrected chi connectivity index (χ3v) is 4.05. The van der Waals surface area contributed by atoms with E-state index >= 15 is 0 Å². The molecule has 1 atom stereocenters. The molecule has 2 aromatic rings. The largest absolute Gasteiger partial charge is 0.252 e. The fourth-order valence-corrected chi connectivity index (χ4v) is 3.15. The van der Waals surface area contributed by atoms with Gasteiger partial charge in [-0.1, -0.05) is 48.5 Å². The molecule has 19 heavy (non-hydrogen) atoms. The van der Waals surface area contributed by atoms with Crippen molar-refractivity contribution in [3.8, 4) is 11.1 Å². The zero-order chi connectivity index (χ0) is 12.7. The number of benzene rings is 2. The Hall–Kier alpha value is -2.15. The summed E-state index contributed by atoms with van der Waals surface area (Å²) >= 11 is 0. The van der Waals surface area contributed by atoms with Gasteiger partial charge in [0.1, 0.15) is 0 Å². The van der Waals surface area contributed by atoms with E-state index in [1.165, 1.54) is 28.8 Å². The van der Waals surface area contributed by atoms with Gasteiger partial charge in [-0.2, -0.15) is 0 Å². The molecular weight excluding hydrogens is 230 g/mol. The molecular formula is C18H15N. The molecule has 4 rings (SSSR count).